The summed E-state index contributed by atoms with van der Waals surface area (Å²) in [7, 11) is 1.38. The van der Waals surface area contributed by atoms with Crippen LogP contribution in [0.4, 0.5) is 35.1 Å². The fourth-order valence-corrected chi connectivity index (χ4v) is 1.82. The summed E-state index contributed by atoms with van der Waals surface area (Å²) in [4.78, 5) is 0. The molecule has 0 saturated carbocycles. The third kappa shape index (κ3) is 2.79. The molecule has 2 aromatic carbocycles. The topological polar surface area (TPSA) is 27.7 Å². The number of hydrogen-bond acceptors (Lipinski definition) is 3. The van der Waals surface area contributed by atoms with Crippen molar-refractivity contribution in [2.24, 2.45) is 0 Å². The van der Waals surface area contributed by atoms with Crippen molar-refractivity contribution < 1.29 is 49.3 Å². The van der Waals surface area contributed by atoms with Gasteiger partial charge in [0.05, 0.1) is 14.2 Å². The van der Waals surface area contributed by atoms with Gasteiger partial charge in [0.2, 0.25) is 58.0 Å². The molecule has 0 unspecified atom stereocenters. The van der Waals surface area contributed by atoms with E-state index >= 15 is 0 Å². The number of methoxy groups -OCH3 is 2. The van der Waals surface area contributed by atoms with E-state index in [9.17, 15) is 35.1 Å². The van der Waals surface area contributed by atoms with Gasteiger partial charge in [-0.05, 0) is 0 Å². The lowest BCUT2D eigenvalue weighted by Crippen LogP contribution is -2.08. The number of rotatable bonds is 4. The van der Waals surface area contributed by atoms with Crippen molar-refractivity contribution in [3.63, 3.8) is 0 Å². The second kappa shape index (κ2) is 6.65. The van der Waals surface area contributed by atoms with Crippen LogP contribution in [0.3, 0.4) is 0 Å². The largest absolute Gasteiger partial charge is 0.491 e. The van der Waals surface area contributed by atoms with Gasteiger partial charge in [-0.15, -0.1) is 0 Å². The van der Waals surface area contributed by atoms with Crippen molar-refractivity contribution in [1.29, 1.82) is 0 Å². The van der Waals surface area contributed by atoms with E-state index < -0.39 is 69.5 Å². The van der Waals surface area contributed by atoms with Gasteiger partial charge in [-0.1, -0.05) is 0 Å². The first-order valence-electron chi connectivity index (χ1n) is 6.14. The Bertz CT molecular complexity index is 725. The van der Waals surface area contributed by atoms with Gasteiger partial charge in [0.25, 0.3) is 0 Å². The minimum absolute atomic E-state index is 0.689. The lowest BCUT2D eigenvalue weighted by Gasteiger charge is -2.14. The Labute approximate surface area is 134 Å². The molecule has 11 heteroatoms. The summed E-state index contributed by atoms with van der Waals surface area (Å²) in [5.74, 6) is -24.2. The molecule has 0 saturated heterocycles. The minimum Gasteiger partial charge on any atom is -0.491 e. The molecule has 136 valence electrons. The highest BCUT2D eigenvalue weighted by Gasteiger charge is 2.32. The van der Waals surface area contributed by atoms with E-state index in [-0.39, 0.29) is 0 Å². The smallest absolute Gasteiger partial charge is 0.208 e. The van der Waals surface area contributed by atoms with E-state index in [4.69, 9.17) is 0 Å². The molecule has 0 atom stereocenters. The fourth-order valence-electron chi connectivity index (χ4n) is 1.82. The molecule has 0 aliphatic carbocycles. The van der Waals surface area contributed by atoms with Gasteiger partial charge in [-0.2, -0.15) is 35.1 Å². The van der Waals surface area contributed by atoms with Gasteiger partial charge in [0.1, 0.15) is 0 Å². The van der Waals surface area contributed by atoms with Gasteiger partial charge in [0, 0.05) is 0 Å². The zero-order valence-corrected chi connectivity index (χ0v) is 12.2. The quantitative estimate of drug-likeness (QED) is 0.578. The Morgan fingerprint density at radius 2 is 0.600 bits per heavy atom. The molecular weight excluding hydrogens is 368 g/mol. The van der Waals surface area contributed by atoms with Crippen LogP contribution >= 0.6 is 0 Å². The summed E-state index contributed by atoms with van der Waals surface area (Å²) in [5.41, 5.74) is 0. The SMILES string of the molecule is COc1c(F)c(F)c(Oc2c(F)c(F)c(OC)c(F)c2F)c(F)c1F. The fraction of sp³-hybridized carbons (Fsp3) is 0.143. The van der Waals surface area contributed by atoms with Crippen molar-refractivity contribution >= 4 is 0 Å². The van der Waals surface area contributed by atoms with E-state index in [1.54, 1.807) is 0 Å². The van der Waals surface area contributed by atoms with Crippen LogP contribution in [0.25, 0.3) is 0 Å². The summed E-state index contributed by atoms with van der Waals surface area (Å²) in [6, 6.07) is 0. The Morgan fingerprint density at radius 3 is 0.800 bits per heavy atom. The third-order valence-electron chi connectivity index (χ3n) is 2.98. The molecule has 0 radical (unpaired) electrons. The maximum atomic E-state index is 13.7. The van der Waals surface area contributed by atoms with Gasteiger partial charge in [-0.3, -0.25) is 0 Å². The zero-order valence-electron chi connectivity index (χ0n) is 12.2. The van der Waals surface area contributed by atoms with Crippen LogP contribution in [-0.2, 0) is 0 Å². The van der Waals surface area contributed by atoms with Crippen molar-refractivity contribution in [1.82, 2.24) is 0 Å². The molecule has 0 bridgehead atoms. The molecule has 0 aliphatic rings. The summed E-state index contributed by atoms with van der Waals surface area (Å²) < 4.78 is 121. The van der Waals surface area contributed by atoms with Crippen LogP contribution in [0.15, 0.2) is 0 Å². The summed E-state index contributed by atoms with van der Waals surface area (Å²) in [5, 5.41) is 0. The molecule has 0 spiro atoms. The van der Waals surface area contributed by atoms with E-state index in [2.05, 4.69) is 14.2 Å². The molecular formula is C14H6F8O3. The second-order valence-electron chi connectivity index (χ2n) is 4.34. The van der Waals surface area contributed by atoms with E-state index in [0.29, 0.717) is 14.2 Å². The Balaban J connectivity index is 2.70. The van der Waals surface area contributed by atoms with Gasteiger partial charge < -0.3 is 14.2 Å². The lowest BCUT2D eigenvalue weighted by atomic mass is 10.2. The van der Waals surface area contributed by atoms with Crippen LogP contribution in [0.5, 0.6) is 23.0 Å². The number of ether oxygens (including phenoxy) is 3. The number of benzene rings is 2. The Hall–Kier alpha value is -2.72. The highest BCUT2D eigenvalue weighted by atomic mass is 19.2. The molecule has 0 fully saturated rings. The molecule has 0 N–H and O–H groups in total. The molecule has 25 heavy (non-hydrogen) atoms. The van der Waals surface area contributed by atoms with Gasteiger partial charge in [-0.25, -0.2) is 0 Å². The molecule has 3 nitrogen and oxygen atoms in total. The normalized spacial score (nSPS) is 10.8. The second-order valence-corrected chi connectivity index (χ2v) is 4.34. The average Bonchev–Trinajstić information content (AvgIpc) is 2.59. The Kier molecular flexibility index (Phi) is 4.95. The van der Waals surface area contributed by atoms with Crippen LogP contribution in [-0.4, -0.2) is 14.2 Å². The maximum Gasteiger partial charge on any atom is 0.208 e. The summed E-state index contributed by atoms with van der Waals surface area (Å²) in [6.07, 6.45) is 0. The monoisotopic (exact) mass is 374 g/mol. The molecule has 0 amide bonds. The maximum absolute atomic E-state index is 13.7. The van der Waals surface area contributed by atoms with Gasteiger partial charge >= 0.3 is 0 Å². The zero-order chi connectivity index (χ0) is 19.0. The highest BCUT2D eigenvalue weighted by molar-refractivity contribution is 5.44. The molecule has 0 aliphatic heterocycles. The molecule has 0 heterocycles. The summed E-state index contributed by atoms with van der Waals surface area (Å²) >= 11 is 0. The van der Waals surface area contributed by atoms with Crippen molar-refractivity contribution in [3.8, 4) is 23.0 Å². The third-order valence-corrected chi connectivity index (χ3v) is 2.98. The minimum atomic E-state index is -2.24. The van der Waals surface area contributed by atoms with E-state index in [1.807, 2.05) is 0 Å². The highest BCUT2D eigenvalue weighted by Crippen LogP contribution is 2.41. The van der Waals surface area contributed by atoms with Crippen LogP contribution in [0.1, 0.15) is 0 Å². The lowest BCUT2D eigenvalue weighted by molar-refractivity contribution is 0.287. The predicted molar refractivity (Wildman–Crippen MR) is 65.7 cm³/mol. The van der Waals surface area contributed by atoms with Crippen LogP contribution in [0, 0.1) is 46.5 Å². The van der Waals surface area contributed by atoms with Crippen molar-refractivity contribution in [2.75, 3.05) is 14.2 Å². The average molecular weight is 374 g/mol. The van der Waals surface area contributed by atoms with E-state index in [0.717, 1.165) is 0 Å². The summed E-state index contributed by atoms with van der Waals surface area (Å²) in [6.45, 7) is 0. The first-order valence-corrected chi connectivity index (χ1v) is 6.14. The van der Waals surface area contributed by atoms with E-state index in [1.165, 1.54) is 0 Å². The van der Waals surface area contributed by atoms with Gasteiger partial charge in [0.15, 0.2) is 11.5 Å². The van der Waals surface area contributed by atoms with Crippen molar-refractivity contribution in [3.05, 3.63) is 46.5 Å². The number of halogens is 8. The van der Waals surface area contributed by atoms with Crippen LogP contribution < -0.4 is 14.2 Å². The molecule has 2 aromatic rings. The molecule has 2 rings (SSSR count). The predicted octanol–water partition coefficient (Wildman–Crippen LogP) is 4.61. The molecule has 0 aromatic heterocycles. The Morgan fingerprint density at radius 1 is 0.400 bits per heavy atom. The first-order chi connectivity index (χ1) is 11.7. The number of hydrogen-bond donors (Lipinski definition) is 0. The van der Waals surface area contributed by atoms with Crippen LogP contribution in [0.2, 0.25) is 0 Å². The van der Waals surface area contributed by atoms with Crippen molar-refractivity contribution in [2.45, 2.75) is 0 Å². The standard InChI is InChI=1S/C14H6F8O3/c1-23-11-3(15)7(19)13(8(20)4(11)16)25-14-9(21)5(17)12(24-2)6(18)10(14)22/h1-2H3. The first kappa shape index (κ1) is 18.6.